The summed E-state index contributed by atoms with van der Waals surface area (Å²) < 4.78 is 13.3. The van der Waals surface area contributed by atoms with Crippen LogP contribution in [0.2, 0.25) is 0 Å². The van der Waals surface area contributed by atoms with Gasteiger partial charge in [0, 0.05) is 19.1 Å². The fourth-order valence-electron chi connectivity index (χ4n) is 3.05. The zero-order valence-corrected chi connectivity index (χ0v) is 12.0. The first-order chi connectivity index (χ1) is 9.13. The summed E-state index contributed by atoms with van der Waals surface area (Å²) in [4.78, 5) is 2.46. The van der Waals surface area contributed by atoms with Crippen LogP contribution in [0.25, 0.3) is 0 Å². The van der Waals surface area contributed by atoms with Crippen LogP contribution in [0.4, 0.5) is 4.39 Å². The summed E-state index contributed by atoms with van der Waals surface area (Å²) in [6.45, 7) is 6.80. The van der Waals surface area contributed by atoms with Gasteiger partial charge in [-0.05, 0) is 49.4 Å². The summed E-state index contributed by atoms with van der Waals surface area (Å²) in [5.41, 5.74) is 7.83. The Kier molecular flexibility index (Phi) is 4.94. The SMILES string of the molecule is CCC1CCN(Cc2ccc(F)c(C)c2)C(CN)C1. The van der Waals surface area contributed by atoms with E-state index < -0.39 is 0 Å². The number of hydrogen-bond acceptors (Lipinski definition) is 2. The van der Waals surface area contributed by atoms with Crippen molar-refractivity contribution in [2.24, 2.45) is 11.7 Å². The number of nitrogens with zero attached hydrogens (tertiary/aromatic N) is 1. The van der Waals surface area contributed by atoms with Crippen LogP contribution in [0.3, 0.4) is 0 Å². The van der Waals surface area contributed by atoms with E-state index in [2.05, 4.69) is 11.8 Å². The molecule has 2 N–H and O–H groups in total. The van der Waals surface area contributed by atoms with Gasteiger partial charge in [-0.15, -0.1) is 0 Å². The van der Waals surface area contributed by atoms with Crippen LogP contribution in [-0.4, -0.2) is 24.0 Å². The summed E-state index contributed by atoms with van der Waals surface area (Å²) in [5, 5.41) is 0. The van der Waals surface area contributed by atoms with Crippen LogP contribution in [0.1, 0.15) is 37.3 Å². The number of nitrogens with two attached hydrogens (primary N) is 1. The van der Waals surface area contributed by atoms with Crippen LogP contribution in [0.5, 0.6) is 0 Å². The van der Waals surface area contributed by atoms with E-state index in [0.29, 0.717) is 6.04 Å². The van der Waals surface area contributed by atoms with Crippen molar-refractivity contribution in [1.82, 2.24) is 4.90 Å². The highest BCUT2D eigenvalue weighted by Gasteiger charge is 2.26. The van der Waals surface area contributed by atoms with Gasteiger partial charge in [-0.2, -0.15) is 0 Å². The molecule has 0 aromatic heterocycles. The topological polar surface area (TPSA) is 29.3 Å². The lowest BCUT2D eigenvalue weighted by Gasteiger charge is -2.39. The Bertz CT molecular complexity index is 419. The Balaban J connectivity index is 2.03. The average molecular weight is 264 g/mol. The fraction of sp³-hybridized carbons (Fsp3) is 0.625. The Morgan fingerprint density at radius 3 is 2.84 bits per heavy atom. The molecule has 3 heteroatoms. The molecular formula is C16H25FN2. The van der Waals surface area contributed by atoms with E-state index in [1.807, 2.05) is 19.1 Å². The molecule has 2 nitrogen and oxygen atoms in total. The van der Waals surface area contributed by atoms with Gasteiger partial charge in [0.05, 0.1) is 0 Å². The molecule has 0 spiro atoms. The van der Waals surface area contributed by atoms with E-state index in [1.165, 1.54) is 24.8 Å². The van der Waals surface area contributed by atoms with Gasteiger partial charge in [-0.1, -0.05) is 25.5 Å². The zero-order valence-electron chi connectivity index (χ0n) is 12.0. The van der Waals surface area contributed by atoms with Crippen molar-refractivity contribution in [3.63, 3.8) is 0 Å². The Labute approximate surface area is 115 Å². The molecule has 0 saturated carbocycles. The third kappa shape index (κ3) is 3.54. The maximum atomic E-state index is 13.3. The predicted molar refractivity (Wildman–Crippen MR) is 77.4 cm³/mol. The molecule has 19 heavy (non-hydrogen) atoms. The number of benzene rings is 1. The molecule has 1 aliphatic heterocycles. The number of likely N-dealkylation sites (tertiary alicyclic amines) is 1. The first-order valence-electron chi connectivity index (χ1n) is 7.33. The number of hydrogen-bond donors (Lipinski definition) is 1. The van der Waals surface area contributed by atoms with Gasteiger partial charge in [0.15, 0.2) is 0 Å². The first-order valence-corrected chi connectivity index (χ1v) is 7.33. The molecule has 0 aliphatic carbocycles. The van der Waals surface area contributed by atoms with Crippen LogP contribution in [0.15, 0.2) is 18.2 Å². The average Bonchev–Trinajstić information content (AvgIpc) is 2.43. The monoisotopic (exact) mass is 264 g/mol. The third-order valence-electron chi connectivity index (χ3n) is 4.40. The molecule has 0 amide bonds. The van der Waals surface area contributed by atoms with Gasteiger partial charge >= 0.3 is 0 Å². The van der Waals surface area contributed by atoms with Gasteiger partial charge in [-0.3, -0.25) is 4.90 Å². The summed E-state index contributed by atoms with van der Waals surface area (Å²) in [7, 11) is 0. The van der Waals surface area contributed by atoms with Gasteiger partial charge in [0.25, 0.3) is 0 Å². The molecule has 1 aromatic rings. The van der Waals surface area contributed by atoms with Gasteiger partial charge in [-0.25, -0.2) is 4.39 Å². The molecule has 106 valence electrons. The largest absolute Gasteiger partial charge is 0.329 e. The van der Waals surface area contributed by atoms with E-state index in [0.717, 1.165) is 31.1 Å². The van der Waals surface area contributed by atoms with Crippen molar-refractivity contribution in [3.8, 4) is 0 Å². The maximum Gasteiger partial charge on any atom is 0.126 e. The van der Waals surface area contributed by atoms with Crippen molar-refractivity contribution >= 4 is 0 Å². The van der Waals surface area contributed by atoms with Crippen molar-refractivity contribution in [3.05, 3.63) is 35.1 Å². The minimum absolute atomic E-state index is 0.121. The number of piperidine rings is 1. The standard InChI is InChI=1S/C16H25FN2/c1-3-13-6-7-19(15(9-13)10-18)11-14-4-5-16(17)12(2)8-14/h4-5,8,13,15H,3,6-7,9-11,18H2,1-2H3. The van der Waals surface area contributed by atoms with Crippen molar-refractivity contribution < 1.29 is 4.39 Å². The molecule has 1 aliphatic rings. The molecule has 1 heterocycles. The molecule has 0 radical (unpaired) electrons. The van der Waals surface area contributed by atoms with E-state index in [9.17, 15) is 4.39 Å². The summed E-state index contributed by atoms with van der Waals surface area (Å²) >= 11 is 0. The molecular weight excluding hydrogens is 239 g/mol. The highest BCUT2D eigenvalue weighted by Crippen LogP contribution is 2.26. The molecule has 1 fully saturated rings. The van der Waals surface area contributed by atoms with E-state index in [-0.39, 0.29) is 5.82 Å². The molecule has 2 rings (SSSR count). The second kappa shape index (κ2) is 6.49. The van der Waals surface area contributed by atoms with E-state index >= 15 is 0 Å². The zero-order chi connectivity index (χ0) is 13.8. The summed E-state index contributed by atoms with van der Waals surface area (Å²) in [6.07, 6.45) is 3.71. The fourth-order valence-corrected chi connectivity index (χ4v) is 3.05. The molecule has 1 aromatic carbocycles. The lowest BCUT2D eigenvalue weighted by Crippen LogP contribution is -2.46. The number of aryl methyl sites for hydroxylation is 1. The Hall–Kier alpha value is -0.930. The van der Waals surface area contributed by atoms with Crippen molar-refractivity contribution in [2.75, 3.05) is 13.1 Å². The Morgan fingerprint density at radius 2 is 2.21 bits per heavy atom. The second-order valence-corrected chi connectivity index (χ2v) is 5.74. The normalized spacial score (nSPS) is 24.6. The molecule has 0 bridgehead atoms. The van der Waals surface area contributed by atoms with Gasteiger partial charge in [0.2, 0.25) is 0 Å². The molecule has 2 atom stereocenters. The van der Waals surface area contributed by atoms with Crippen LogP contribution < -0.4 is 5.73 Å². The van der Waals surface area contributed by atoms with E-state index in [4.69, 9.17) is 5.73 Å². The van der Waals surface area contributed by atoms with Gasteiger partial charge in [0.1, 0.15) is 5.82 Å². The smallest absolute Gasteiger partial charge is 0.126 e. The first kappa shape index (κ1) is 14.5. The van der Waals surface area contributed by atoms with Crippen LogP contribution in [-0.2, 0) is 6.54 Å². The van der Waals surface area contributed by atoms with Crippen molar-refractivity contribution in [2.45, 2.75) is 45.7 Å². The minimum Gasteiger partial charge on any atom is -0.329 e. The van der Waals surface area contributed by atoms with E-state index in [1.54, 1.807) is 6.07 Å². The molecule has 2 unspecified atom stereocenters. The summed E-state index contributed by atoms with van der Waals surface area (Å²) in [5.74, 6) is 0.698. The third-order valence-corrected chi connectivity index (χ3v) is 4.40. The van der Waals surface area contributed by atoms with Gasteiger partial charge < -0.3 is 5.73 Å². The predicted octanol–water partition coefficient (Wildman–Crippen LogP) is 3.08. The maximum absolute atomic E-state index is 13.3. The quantitative estimate of drug-likeness (QED) is 0.905. The number of halogens is 1. The highest BCUT2D eigenvalue weighted by atomic mass is 19.1. The van der Waals surface area contributed by atoms with Crippen molar-refractivity contribution in [1.29, 1.82) is 0 Å². The second-order valence-electron chi connectivity index (χ2n) is 5.74. The van der Waals surface area contributed by atoms with Crippen LogP contribution in [0, 0.1) is 18.7 Å². The molecule has 1 saturated heterocycles. The summed E-state index contributed by atoms with van der Waals surface area (Å²) in [6, 6.07) is 5.89. The lowest BCUT2D eigenvalue weighted by molar-refractivity contribution is 0.107. The minimum atomic E-state index is -0.121. The highest BCUT2D eigenvalue weighted by molar-refractivity contribution is 5.24. The lowest BCUT2D eigenvalue weighted by atomic mass is 9.88. The van der Waals surface area contributed by atoms with Crippen LogP contribution >= 0.6 is 0 Å². The number of rotatable bonds is 4. The Morgan fingerprint density at radius 1 is 1.42 bits per heavy atom.